The van der Waals surface area contributed by atoms with Crippen molar-refractivity contribution < 1.29 is 33.3 Å². The van der Waals surface area contributed by atoms with Gasteiger partial charge in [0.15, 0.2) is 0 Å². The van der Waals surface area contributed by atoms with Crippen LogP contribution >= 0.6 is 0 Å². The summed E-state index contributed by atoms with van der Waals surface area (Å²) in [5, 5.41) is 27.2. The second kappa shape index (κ2) is 5.41. The van der Waals surface area contributed by atoms with Crippen molar-refractivity contribution >= 4 is 5.97 Å². The fourth-order valence-electron chi connectivity index (χ4n) is 1.39. The summed E-state index contributed by atoms with van der Waals surface area (Å²) < 4.78 is 37.3. The topological polar surface area (TPSA) is 111 Å². The number of halogens is 3. The minimum absolute atomic E-state index is 0.370. The Morgan fingerprint density at radius 3 is 2.42 bits per heavy atom. The van der Waals surface area contributed by atoms with E-state index in [1.54, 1.807) is 4.98 Å². The van der Waals surface area contributed by atoms with Crippen molar-refractivity contribution in [2.45, 2.75) is 24.8 Å². The molecule has 0 fully saturated rings. The van der Waals surface area contributed by atoms with Crippen LogP contribution in [-0.2, 0) is 11.0 Å². The first kappa shape index (κ1) is 15.2. The minimum Gasteiger partial charge on any atom is -0.481 e. The van der Waals surface area contributed by atoms with Gasteiger partial charge in [-0.25, -0.2) is 0 Å². The van der Waals surface area contributed by atoms with E-state index < -0.39 is 47.5 Å². The molecule has 2 atom stereocenters. The maximum atomic E-state index is 12.4. The lowest BCUT2D eigenvalue weighted by Gasteiger charge is -2.17. The predicted octanol–water partition coefficient (Wildman–Crippen LogP) is 0.263. The lowest BCUT2D eigenvalue weighted by molar-refractivity contribution is -0.142. The maximum absolute atomic E-state index is 12.4. The van der Waals surface area contributed by atoms with Gasteiger partial charge in [0, 0.05) is 6.20 Å². The second-order valence-electron chi connectivity index (χ2n) is 3.78. The van der Waals surface area contributed by atoms with Crippen LogP contribution in [0.2, 0.25) is 0 Å². The molecule has 4 N–H and O–H groups in total. The second-order valence-corrected chi connectivity index (χ2v) is 3.78. The van der Waals surface area contributed by atoms with Crippen molar-refractivity contribution in [1.29, 1.82) is 0 Å². The number of alkyl halides is 3. The Labute approximate surface area is 104 Å². The molecule has 106 valence electrons. The van der Waals surface area contributed by atoms with E-state index in [1.807, 2.05) is 0 Å². The Kier molecular flexibility index (Phi) is 4.32. The van der Waals surface area contributed by atoms with E-state index in [1.165, 1.54) is 0 Å². The van der Waals surface area contributed by atoms with Crippen LogP contribution in [0.1, 0.15) is 23.7 Å². The first-order valence-corrected chi connectivity index (χ1v) is 5.00. The molecule has 0 bridgehead atoms. The Balaban J connectivity index is 3.09. The number of nitrogens with one attached hydrogen (secondary N) is 1. The highest BCUT2D eigenvalue weighted by molar-refractivity contribution is 5.67. The molecule has 1 aromatic heterocycles. The lowest BCUT2D eigenvalue weighted by Crippen LogP contribution is -2.26. The van der Waals surface area contributed by atoms with Crippen molar-refractivity contribution in [3.63, 3.8) is 0 Å². The number of hydrogen-bond acceptors (Lipinski definition) is 4. The van der Waals surface area contributed by atoms with Crippen LogP contribution in [0.15, 0.2) is 17.1 Å². The van der Waals surface area contributed by atoms with Gasteiger partial charge in [-0.15, -0.1) is 0 Å². The van der Waals surface area contributed by atoms with Crippen LogP contribution in [0.3, 0.4) is 0 Å². The predicted molar refractivity (Wildman–Crippen MR) is 55.3 cm³/mol. The molecule has 0 aliphatic heterocycles. The highest BCUT2D eigenvalue weighted by Crippen LogP contribution is 2.28. The normalized spacial score (nSPS) is 15.0. The third kappa shape index (κ3) is 3.80. The van der Waals surface area contributed by atoms with E-state index >= 15 is 0 Å². The molecule has 0 aliphatic carbocycles. The molecule has 0 saturated heterocycles. The van der Waals surface area contributed by atoms with Crippen LogP contribution in [-0.4, -0.2) is 32.4 Å². The summed E-state index contributed by atoms with van der Waals surface area (Å²) in [4.78, 5) is 23.1. The van der Waals surface area contributed by atoms with Crippen LogP contribution in [0.4, 0.5) is 13.2 Å². The van der Waals surface area contributed by atoms with Crippen LogP contribution in [0, 0.1) is 0 Å². The number of carboxylic acids is 1. The van der Waals surface area contributed by atoms with Gasteiger partial charge in [-0.05, 0) is 11.6 Å². The van der Waals surface area contributed by atoms with E-state index in [9.17, 15) is 33.0 Å². The molecule has 19 heavy (non-hydrogen) atoms. The fourth-order valence-corrected chi connectivity index (χ4v) is 1.39. The van der Waals surface area contributed by atoms with E-state index in [-0.39, 0.29) is 0 Å². The third-order valence-corrected chi connectivity index (χ3v) is 2.32. The van der Waals surface area contributed by atoms with Crippen molar-refractivity contribution in [1.82, 2.24) is 4.98 Å². The van der Waals surface area contributed by atoms with Crippen molar-refractivity contribution in [2.75, 3.05) is 0 Å². The number of carbonyl (C=O) groups is 1. The number of rotatable bonds is 4. The third-order valence-electron chi connectivity index (χ3n) is 2.32. The number of hydrogen-bond donors (Lipinski definition) is 4. The molecule has 1 aromatic rings. The molecule has 1 heterocycles. The fraction of sp³-hybridized carbons (Fsp3) is 0.400. The molecule has 1 rings (SSSR count). The SMILES string of the molecule is O=C(O)CC(O)C(O)c1c[nH]c(=O)c(C(F)(F)F)c1. The Morgan fingerprint density at radius 1 is 1.37 bits per heavy atom. The van der Waals surface area contributed by atoms with Crippen LogP contribution < -0.4 is 5.56 Å². The van der Waals surface area contributed by atoms with Gasteiger partial charge in [0.1, 0.15) is 11.7 Å². The van der Waals surface area contributed by atoms with Gasteiger partial charge < -0.3 is 20.3 Å². The zero-order chi connectivity index (χ0) is 14.8. The molecule has 9 heteroatoms. The quantitative estimate of drug-likeness (QED) is 0.633. The van der Waals surface area contributed by atoms with Gasteiger partial charge in [-0.3, -0.25) is 9.59 Å². The van der Waals surface area contributed by atoms with E-state index in [2.05, 4.69) is 0 Å². The number of pyridine rings is 1. The first-order chi connectivity index (χ1) is 8.62. The van der Waals surface area contributed by atoms with Crippen LogP contribution in [0.25, 0.3) is 0 Å². The summed E-state index contributed by atoms with van der Waals surface area (Å²) in [6.45, 7) is 0. The summed E-state index contributed by atoms with van der Waals surface area (Å²) in [5.41, 5.74) is -3.36. The Morgan fingerprint density at radius 2 is 1.95 bits per heavy atom. The van der Waals surface area contributed by atoms with E-state index in [0.717, 1.165) is 6.20 Å². The first-order valence-electron chi connectivity index (χ1n) is 5.00. The van der Waals surface area contributed by atoms with Crippen molar-refractivity contribution in [2.24, 2.45) is 0 Å². The van der Waals surface area contributed by atoms with Gasteiger partial charge in [0.2, 0.25) is 0 Å². The highest BCUT2D eigenvalue weighted by Gasteiger charge is 2.35. The largest absolute Gasteiger partial charge is 0.481 e. The summed E-state index contributed by atoms with van der Waals surface area (Å²) >= 11 is 0. The van der Waals surface area contributed by atoms with Gasteiger partial charge in [-0.2, -0.15) is 13.2 Å². The Hall–Kier alpha value is -1.87. The number of H-pyrrole nitrogens is 1. The number of aromatic amines is 1. The smallest absolute Gasteiger partial charge is 0.421 e. The average Bonchev–Trinajstić information content (AvgIpc) is 2.26. The summed E-state index contributed by atoms with van der Waals surface area (Å²) in [6, 6.07) is 0.370. The summed E-state index contributed by atoms with van der Waals surface area (Å²) in [5.74, 6) is -1.42. The molecule has 0 saturated carbocycles. The molecule has 2 unspecified atom stereocenters. The van der Waals surface area contributed by atoms with Gasteiger partial charge in [0.25, 0.3) is 5.56 Å². The molecule has 0 aromatic carbocycles. The van der Waals surface area contributed by atoms with Gasteiger partial charge in [0.05, 0.1) is 12.5 Å². The standard InChI is InChI=1S/C10H10F3NO5/c11-10(12,13)5-1-4(3-14-9(5)19)8(18)6(15)2-7(16)17/h1,3,6,8,15,18H,2H2,(H,14,19)(H,16,17). The minimum atomic E-state index is -4.92. The van der Waals surface area contributed by atoms with Gasteiger partial charge in [-0.1, -0.05) is 0 Å². The summed E-state index contributed by atoms with van der Waals surface area (Å²) in [6.07, 6.45) is -8.62. The van der Waals surface area contributed by atoms with E-state index in [4.69, 9.17) is 5.11 Å². The number of aliphatic carboxylic acids is 1. The summed E-state index contributed by atoms with van der Waals surface area (Å²) in [7, 11) is 0. The zero-order valence-corrected chi connectivity index (χ0v) is 9.31. The molecule has 0 amide bonds. The molecule has 0 spiro atoms. The Bertz CT molecular complexity index is 525. The van der Waals surface area contributed by atoms with Crippen LogP contribution in [0.5, 0.6) is 0 Å². The molecular formula is C10H10F3NO5. The van der Waals surface area contributed by atoms with Gasteiger partial charge >= 0.3 is 12.1 Å². The molecule has 0 radical (unpaired) electrons. The van der Waals surface area contributed by atoms with E-state index in [0.29, 0.717) is 6.07 Å². The number of aromatic nitrogens is 1. The number of carboxylic acid groups (broad SMARTS) is 1. The molecule has 0 aliphatic rings. The monoisotopic (exact) mass is 281 g/mol. The average molecular weight is 281 g/mol. The molecule has 6 nitrogen and oxygen atoms in total. The lowest BCUT2D eigenvalue weighted by atomic mass is 10.0. The van der Waals surface area contributed by atoms with Crippen molar-refractivity contribution in [3.8, 4) is 0 Å². The number of aliphatic hydroxyl groups is 2. The molecular weight excluding hydrogens is 271 g/mol. The number of aliphatic hydroxyl groups excluding tert-OH is 2. The highest BCUT2D eigenvalue weighted by atomic mass is 19.4. The maximum Gasteiger partial charge on any atom is 0.421 e. The van der Waals surface area contributed by atoms with Crippen molar-refractivity contribution in [3.05, 3.63) is 33.7 Å². The zero-order valence-electron chi connectivity index (χ0n) is 9.31.